The zero-order chi connectivity index (χ0) is 15.4. The zero-order valence-electron chi connectivity index (χ0n) is 11.3. The van der Waals surface area contributed by atoms with Crippen LogP contribution in [-0.4, -0.2) is 15.8 Å². The summed E-state index contributed by atoms with van der Waals surface area (Å²) in [6, 6.07) is 7.38. The minimum atomic E-state index is -0.456. The molecule has 2 rings (SSSR count). The van der Waals surface area contributed by atoms with Gasteiger partial charge in [-0.25, -0.2) is 0 Å². The van der Waals surface area contributed by atoms with Crippen LogP contribution in [0.1, 0.15) is 21.5 Å². The molecular weight excluding hydrogens is 274 g/mol. The second-order valence-electron chi connectivity index (χ2n) is 4.44. The molecule has 1 aromatic heterocycles. The summed E-state index contributed by atoms with van der Waals surface area (Å²) >= 11 is 0. The average Bonchev–Trinajstić information content (AvgIpc) is 2.46. The van der Waals surface area contributed by atoms with Gasteiger partial charge in [0.15, 0.2) is 0 Å². The summed E-state index contributed by atoms with van der Waals surface area (Å²) in [5.74, 6) is -0.364. The highest BCUT2D eigenvalue weighted by Gasteiger charge is 2.13. The molecule has 1 aromatic carbocycles. The van der Waals surface area contributed by atoms with Crippen LogP contribution in [0.4, 0.5) is 5.69 Å². The van der Waals surface area contributed by atoms with Crippen LogP contribution in [0.25, 0.3) is 0 Å². The SMILES string of the molecule is Cc1c(CNC(=O)c2ccc(=O)[nH]c2)cccc1[N+](=O)[O-]. The Hall–Kier alpha value is -2.96. The molecule has 0 spiro atoms. The van der Waals surface area contributed by atoms with Crippen LogP contribution in [-0.2, 0) is 6.54 Å². The maximum absolute atomic E-state index is 11.9. The molecule has 0 unspecified atom stereocenters. The van der Waals surface area contributed by atoms with Crippen molar-refractivity contribution < 1.29 is 9.72 Å². The molecular formula is C14H13N3O4. The number of nitrogens with one attached hydrogen (secondary N) is 2. The first-order chi connectivity index (χ1) is 9.99. The van der Waals surface area contributed by atoms with Gasteiger partial charge in [-0.05, 0) is 18.6 Å². The van der Waals surface area contributed by atoms with Crippen LogP contribution in [0, 0.1) is 17.0 Å². The first-order valence-corrected chi connectivity index (χ1v) is 6.19. The van der Waals surface area contributed by atoms with E-state index in [-0.39, 0.29) is 23.7 Å². The van der Waals surface area contributed by atoms with Crippen molar-refractivity contribution in [1.82, 2.24) is 10.3 Å². The van der Waals surface area contributed by atoms with Crippen LogP contribution >= 0.6 is 0 Å². The number of benzene rings is 1. The quantitative estimate of drug-likeness (QED) is 0.657. The Morgan fingerprint density at radius 2 is 2.10 bits per heavy atom. The maximum atomic E-state index is 11.9. The molecule has 0 saturated heterocycles. The number of nitro groups is 1. The second-order valence-corrected chi connectivity index (χ2v) is 4.44. The van der Waals surface area contributed by atoms with Gasteiger partial charge in [0.25, 0.3) is 11.6 Å². The van der Waals surface area contributed by atoms with Gasteiger partial charge in [-0.15, -0.1) is 0 Å². The van der Waals surface area contributed by atoms with Crippen molar-refractivity contribution in [3.05, 3.63) is 73.7 Å². The van der Waals surface area contributed by atoms with E-state index in [0.717, 1.165) is 0 Å². The number of nitrogens with zero attached hydrogens (tertiary/aromatic N) is 1. The summed E-state index contributed by atoms with van der Waals surface area (Å²) < 4.78 is 0. The summed E-state index contributed by atoms with van der Waals surface area (Å²) in [5.41, 5.74) is 1.23. The first kappa shape index (κ1) is 14.4. The Kier molecular flexibility index (Phi) is 4.13. The van der Waals surface area contributed by atoms with E-state index in [1.807, 2.05) is 0 Å². The molecule has 2 N–H and O–H groups in total. The lowest BCUT2D eigenvalue weighted by molar-refractivity contribution is -0.385. The number of H-pyrrole nitrogens is 1. The maximum Gasteiger partial charge on any atom is 0.272 e. The first-order valence-electron chi connectivity index (χ1n) is 6.19. The Morgan fingerprint density at radius 3 is 2.71 bits per heavy atom. The van der Waals surface area contributed by atoms with Gasteiger partial charge in [0.05, 0.1) is 10.5 Å². The molecule has 7 heteroatoms. The highest BCUT2D eigenvalue weighted by molar-refractivity contribution is 5.93. The Morgan fingerprint density at radius 1 is 1.33 bits per heavy atom. The molecule has 0 aliphatic heterocycles. The standard InChI is InChI=1S/C14H13N3O4/c1-9-10(3-2-4-12(9)17(20)21)7-16-14(19)11-5-6-13(18)15-8-11/h2-6,8H,7H2,1H3,(H,15,18)(H,16,19). The zero-order valence-corrected chi connectivity index (χ0v) is 11.3. The third-order valence-electron chi connectivity index (χ3n) is 3.10. The number of carbonyl (C=O) groups is 1. The molecule has 0 aliphatic carbocycles. The highest BCUT2D eigenvalue weighted by Crippen LogP contribution is 2.20. The lowest BCUT2D eigenvalue weighted by Gasteiger charge is -2.08. The van der Waals surface area contributed by atoms with Gasteiger partial charge < -0.3 is 10.3 Å². The van der Waals surface area contributed by atoms with Gasteiger partial charge in [0.2, 0.25) is 5.56 Å². The summed E-state index contributed by atoms with van der Waals surface area (Å²) in [6.45, 7) is 1.81. The van der Waals surface area contributed by atoms with Crippen molar-refractivity contribution in [3.8, 4) is 0 Å². The van der Waals surface area contributed by atoms with Gasteiger partial charge in [0.1, 0.15) is 0 Å². The van der Waals surface area contributed by atoms with Gasteiger partial charge in [-0.1, -0.05) is 12.1 Å². The van der Waals surface area contributed by atoms with E-state index in [1.54, 1.807) is 19.1 Å². The molecule has 0 atom stereocenters. The molecule has 108 valence electrons. The molecule has 0 aliphatic rings. The topological polar surface area (TPSA) is 105 Å². The Balaban J connectivity index is 2.11. The van der Waals surface area contributed by atoms with Crippen LogP contribution in [0.15, 0.2) is 41.3 Å². The number of rotatable bonds is 4. The number of pyridine rings is 1. The van der Waals surface area contributed by atoms with E-state index < -0.39 is 4.92 Å². The number of carbonyl (C=O) groups excluding carboxylic acids is 1. The third kappa shape index (κ3) is 3.33. The Bertz CT molecular complexity index is 732. The van der Waals surface area contributed by atoms with Crippen molar-refractivity contribution in [2.24, 2.45) is 0 Å². The normalized spacial score (nSPS) is 10.1. The number of hydrogen-bond acceptors (Lipinski definition) is 4. The number of amides is 1. The van der Waals surface area contributed by atoms with E-state index in [0.29, 0.717) is 16.7 Å². The number of nitro benzene ring substituents is 1. The second kappa shape index (κ2) is 6.00. The van der Waals surface area contributed by atoms with E-state index in [9.17, 15) is 19.7 Å². The van der Waals surface area contributed by atoms with Gasteiger partial charge in [-0.3, -0.25) is 19.7 Å². The fourth-order valence-electron chi connectivity index (χ4n) is 1.89. The van der Waals surface area contributed by atoms with Crippen LogP contribution in [0.2, 0.25) is 0 Å². The Labute approximate surface area is 119 Å². The van der Waals surface area contributed by atoms with Crippen molar-refractivity contribution in [2.45, 2.75) is 13.5 Å². The van der Waals surface area contributed by atoms with Gasteiger partial charge in [0, 0.05) is 30.4 Å². The van der Waals surface area contributed by atoms with Crippen LogP contribution < -0.4 is 10.9 Å². The predicted molar refractivity (Wildman–Crippen MR) is 76.1 cm³/mol. The predicted octanol–water partition coefficient (Wildman–Crippen LogP) is 1.52. The van der Waals surface area contributed by atoms with Gasteiger partial charge >= 0.3 is 0 Å². The van der Waals surface area contributed by atoms with Crippen molar-refractivity contribution >= 4 is 11.6 Å². The number of hydrogen-bond donors (Lipinski definition) is 2. The number of aromatic nitrogens is 1. The van der Waals surface area contributed by atoms with E-state index in [4.69, 9.17) is 0 Å². The monoisotopic (exact) mass is 287 g/mol. The van der Waals surface area contributed by atoms with Crippen LogP contribution in [0.5, 0.6) is 0 Å². The van der Waals surface area contributed by atoms with E-state index in [1.165, 1.54) is 24.4 Å². The largest absolute Gasteiger partial charge is 0.348 e. The fourth-order valence-corrected chi connectivity index (χ4v) is 1.89. The van der Waals surface area contributed by atoms with E-state index >= 15 is 0 Å². The van der Waals surface area contributed by atoms with Crippen LogP contribution in [0.3, 0.4) is 0 Å². The molecule has 0 radical (unpaired) electrons. The molecule has 0 saturated carbocycles. The molecule has 0 fully saturated rings. The van der Waals surface area contributed by atoms with Gasteiger partial charge in [-0.2, -0.15) is 0 Å². The molecule has 0 bridgehead atoms. The minimum absolute atomic E-state index is 0.0193. The average molecular weight is 287 g/mol. The molecule has 7 nitrogen and oxygen atoms in total. The summed E-state index contributed by atoms with van der Waals surface area (Å²) in [7, 11) is 0. The van der Waals surface area contributed by atoms with Crippen molar-refractivity contribution in [2.75, 3.05) is 0 Å². The lowest BCUT2D eigenvalue weighted by Crippen LogP contribution is -2.24. The smallest absolute Gasteiger partial charge is 0.272 e. The van der Waals surface area contributed by atoms with E-state index in [2.05, 4.69) is 10.3 Å². The summed E-state index contributed by atoms with van der Waals surface area (Å²) in [4.78, 5) is 35.6. The minimum Gasteiger partial charge on any atom is -0.348 e. The summed E-state index contributed by atoms with van der Waals surface area (Å²) in [6.07, 6.45) is 1.32. The molecule has 2 aromatic rings. The highest BCUT2D eigenvalue weighted by atomic mass is 16.6. The third-order valence-corrected chi connectivity index (χ3v) is 3.10. The summed E-state index contributed by atoms with van der Waals surface area (Å²) in [5, 5.41) is 13.5. The molecule has 1 amide bonds. The number of aromatic amines is 1. The fraction of sp³-hybridized carbons (Fsp3) is 0.143. The van der Waals surface area contributed by atoms with Crippen molar-refractivity contribution in [1.29, 1.82) is 0 Å². The van der Waals surface area contributed by atoms with Crippen molar-refractivity contribution in [3.63, 3.8) is 0 Å². The lowest BCUT2D eigenvalue weighted by atomic mass is 10.1. The molecule has 1 heterocycles. The molecule has 21 heavy (non-hydrogen) atoms.